The molecule has 2 aliphatic heterocycles. The molecule has 2 heterocycles. The molecule has 7 nitrogen and oxygen atoms in total. The molecular weight excluding hydrogens is 355 g/mol. The summed E-state index contributed by atoms with van der Waals surface area (Å²) in [5, 5.41) is 3.25. The van der Waals surface area contributed by atoms with E-state index >= 15 is 0 Å². The van der Waals surface area contributed by atoms with E-state index in [0.29, 0.717) is 13.0 Å². The van der Waals surface area contributed by atoms with Crippen molar-refractivity contribution in [3.05, 3.63) is 0 Å². The summed E-state index contributed by atoms with van der Waals surface area (Å²) in [7, 11) is 3.55. The van der Waals surface area contributed by atoms with E-state index in [4.69, 9.17) is 4.74 Å². The van der Waals surface area contributed by atoms with Crippen LogP contribution in [0.4, 0.5) is 0 Å². The molecule has 1 N–H and O–H groups in total. The Morgan fingerprint density at radius 1 is 1.17 bits per heavy atom. The Balaban J connectivity index is 0.00000264. The molecule has 0 aromatic rings. The van der Waals surface area contributed by atoms with Crippen LogP contribution in [0.2, 0.25) is 0 Å². The number of piperazine rings is 1. The summed E-state index contributed by atoms with van der Waals surface area (Å²) < 4.78 is 5.55. The molecule has 24 heavy (non-hydrogen) atoms. The molecule has 0 aromatic carbocycles. The predicted octanol–water partition coefficient (Wildman–Crippen LogP) is -0.171. The van der Waals surface area contributed by atoms with E-state index in [2.05, 4.69) is 10.2 Å². The highest BCUT2D eigenvalue weighted by Gasteiger charge is 2.33. The Hall–Kier alpha value is -0.600. The fourth-order valence-electron chi connectivity index (χ4n) is 2.88. The summed E-state index contributed by atoms with van der Waals surface area (Å²) in [6, 6.07) is -0.226. The lowest BCUT2D eigenvalue weighted by Gasteiger charge is -2.38. The van der Waals surface area contributed by atoms with Crippen molar-refractivity contribution < 1.29 is 14.3 Å². The third-order valence-electron chi connectivity index (χ3n) is 4.41. The van der Waals surface area contributed by atoms with Crippen LogP contribution in [0.5, 0.6) is 0 Å². The van der Waals surface area contributed by atoms with E-state index in [0.717, 1.165) is 39.3 Å². The maximum Gasteiger partial charge on any atom is 0.242 e. The van der Waals surface area contributed by atoms with Crippen LogP contribution in [-0.2, 0) is 14.3 Å². The highest BCUT2D eigenvalue weighted by Crippen LogP contribution is 2.10. The molecular formula is C15H30Cl2N4O3. The van der Waals surface area contributed by atoms with Crippen LogP contribution in [0.3, 0.4) is 0 Å². The maximum atomic E-state index is 12.5. The van der Waals surface area contributed by atoms with Crippen molar-refractivity contribution in [2.45, 2.75) is 25.5 Å². The van der Waals surface area contributed by atoms with Gasteiger partial charge in [0, 0.05) is 59.8 Å². The largest absolute Gasteiger partial charge is 0.375 e. The number of carbonyl (C=O) groups is 2. The van der Waals surface area contributed by atoms with E-state index in [-0.39, 0.29) is 48.8 Å². The van der Waals surface area contributed by atoms with E-state index in [1.54, 1.807) is 19.0 Å². The second kappa shape index (κ2) is 11.1. The highest BCUT2D eigenvalue weighted by molar-refractivity contribution is 5.85. The summed E-state index contributed by atoms with van der Waals surface area (Å²) in [6.07, 6.45) is 0.465. The first kappa shape index (κ1) is 23.4. The van der Waals surface area contributed by atoms with Gasteiger partial charge >= 0.3 is 0 Å². The summed E-state index contributed by atoms with van der Waals surface area (Å²) in [4.78, 5) is 29.9. The van der Waals surface area contributed by atoms with Crippen LogP contribution < -0.4 is 5.32 Å². The van der Waals surface area contributed by atoms with Gasteiger partial charge in [0.05, 0.1) is 12.7 Å². The minimum Gasteiger partial charge on any atom is -0.375 e. The van der Waals surface area contributed by atoms with Crippen molar-refractivity contribution in [1.82, 2.24) is 20.0 Å². The van der Waals surface area contributed by atoms with Gasteiger partial charge in [-0.2, -0.15) is 0 Å². The second-order valence-corrected chi connectivity index (χ2v) is 6.21. The van der Waals surface area contributed by atoms with Crippen molar-refractivity contribution in [1.29, 1.82) is 0 Å². The summed E-state index contributed by atoms with van der Waals surface area (Å²) in [5.41, 5.74) is 0. The minimum absolute atomic E-state index is 0. The first-order valence-electron chi connectivity index (χ1n) is 8.05. The Morgan fingerprint density at radius 2 is 1.79 bits per heavy atom. The molecule has 2 atom stereocenters. The van der Waals surface area contributed by atoms with Crippen molar-refractivity contribution >= 4 is 36.6 Å². The molecule has 0 radical (unpaired) electrons. The molecule has 2 saturated heterocycles. The van der Waals surface area contributed by atoms with Gasteiger partial charge in [-0.1, -0.05) is 0 Å². The smallest absolute Gasteiger partial charge is 0.242 e. The Morgan fingerprint density at radius 3 is 2.33 bits per heavy atom. The zero-order valence-electron chi connectivity index (χ0n) is 14.7. The zero-order chi connectivity index (χ0) is 16.1. The Labute approximate surface area is 156 Å². The van der Waals surface area contributed by atoms with Crippen LogP contribution in [0.25, 0.3) is 0 Å². The average molecular weight is 385 g/mol. The van der Waals surface area contributed by atoms with Crippen LogP contribution in [-0.4, -0.2) is 98.6 Å². The molecule has 0 spiro atoms. The SMILES string of the molecule is C[C@H]1OCCN[C@@H]1C(=O)N1CCN(CCC(=O)N(C)C)CC1.Cl.Cl. The maximum absolute atomic E-state index is 12.5. The molecule has 0 bridgehead atoms. The second-order valence-electron chi connectivity index (χ2n) is 6.21. The number of carbonyl (C=O) groups excluding carboxylic acids is 2. The number of hydrogen-bond acceptors (Lipinski definition) is 5. The molecule has 2 rings (SSSR count). The van der Waals surface area contributed by atoms with Gasteiger partial charge in [0.25, 0.3) is 0 Å². The van der Waals surface area contributed by atoms with Gasteiger partial charge < -0.3 is 19.9 Å². The van der Waals surface area contributed by atoms with Crippen molar-refractivity contribution in [3.8, 4) is 0 Å². The molecule has 9 heteroatoms. The number of nitrogens with one attached hydrogen (secondary N) is 1. The van der Waals surface area contributed by atoms with Gasteiger partial charge in [0.2, 0.25) is 11.8 Å². The Bertz CT molecular complexity index is 404. The third kappa shape index (κ3) is 6.37. The van der Waals surface area contributed by atoms with Crippen molar-refractivity contribution in [2.24, 2.45) is 0 Å². The molecule has 142 valence electrons. The van der Waals surface area contributed by atoms with Crippen molar-refractivity contribution in [2.75, 3.05) is 60.0 Å². The zero-order valence-corrected chi connectivity index (χ0v) is 16.3. The lowest BCUT2D eigenvalue weighted by Crippen LogP contribution is -2.59. The van der Waals surface area contributed by atoms with Crippen molar-refractivity contribution in [3.63, 3.8) is 0 Å². The molecule has 0 aliphatic carbocycles. The van der Waals surface area contributed by atoms with E-state index in [1.165, 1.54) is 0 Å². The molecule has 2 aliphatic rings. The number of hydrogen-bond donors (Lipinski definition) is 1. The van der Waals surface area contributed by atoms with E-state index in [1.807, 2.05) is 11.8 Å². The number of amides is 2. The monoisotopic (exact) mass is 384 g/mol. The van der Waals surface area contributed by atoms with Gasteiger partial charge in [0.15, 0.2) is 0 Å². The van der Waals surface area contributed by atoms with Crippen LogP contribution in [0.15, 0.2) is 0 Å². The summed E-state index contributed by atoms with van der Waals surface area (Å²) in [6.45, 7) is 7.20. The quantitative estimate of drug-likeness (QED) is 0.728. The topological polar surface area (TPSA) is 65.1 Å². The summed E-state index contributed by atoms with van der Waals surface area (Å²) >= 11 is 0. The van der Waals surface area contributed by atoms with E-state index in [9.17, 15) is 9.59 Å². The molecule has 0 aromatic heterocycles. The summed E-state index contributed by atoms with van der Waals surface area (Å²) in [5.74, 6) is 0.284. The number of halogens is 2. The highest BCUT2D eigenvalue weighted by atomic mass is 35.5. The normalized spacial score (nSPS) is 24.5. The molecule has 0 saturated carbocycles. The Kier molecular flexibility index (Phi) is 10.8. The predicted molar refractivity (Wildman–Crippen MR) is 98.0 cm³/mol. The van der Waals surface area contributed by atoms with Gasteiger partial charge in [-0.25, -0.2) is 0 Å². The van der Waals surface area contributed by atoms with Gasteiger partial charge in [-0.05, 0) is 6.92 Å². The van der Waals surface area contributed by atoms with Crippen LogP contribution in [0.1, 0.15) is 13.3 Å². The minimum atomic E-state index is -0.226. The fourth-order valence-corrected chi connectivity index (χ4v) is 2.88. The number of morpholine rings is 1. The van der Waals surface area contributed by atoms with Gasteiger partial charge in [-0.15, -0.1) is 24.8 Å². The number of nitrogens with zero attached hydrogens (tertiary/aromatic N) is 3. The van der Waals surface area contributed by atoms with Gasteiger partial charge in [-0.3, -0.25) is 14.5 Å². The standard InChI is InChI=1S/C15H28N4O3.2ClH/c1-12-14(16-5-11-22-12)15(21)19-9-7-18(8-10-19)6-4-13(20)17(2)3;;/h12,14,16H,4-11H2,1-3H3;2*1H/t12-,14+;;/m1../s1. The van der Waals surface area contributed by atoms with Crippen LogP contribution >= 0.6 is 24.8 Å². The van der Waals surface area contributed by atoms with E-state index < -0.39 is 0 Å². The van der Waals surface area contributed by atoms with Gasteiger partial charge in [0.1, 0.15) is 6.04 Å². The molecule has 2 amide bonds. The molecule has 2 fully saturated rings. The average Bonchev–Trinajstić information content (AvgIpc) is 2.52. The molecule has 0 unspecified atom stereocenters. The van der Waals surface area contributed by atoms with Crippen LogP contribution in [0, 0.1) is 0 Å². The number of ether oxygens (including phenoxy) is 1. The number of rotatable bonds is 4. The fraction of sp³-hybridized carbons (Fsp3) is 0.867. The third-order valence-corrected chi connectivity index (χ3v) is 4.41. The lowest BCUT2D eigenvalue weighted by molar-refractivity contribution is -0.141. The first-order chi connectivity index (χ1) is 10.5. The first-order valence-corrected chi connectivity index (χ1v) is 8.05. The lowest BCUT2D eigenvalue weighted by atomic mass is 10.1.